The molecule has 12 bridgehead atoms. The fourth-order valence-corrected chi connectivity index (χ4v) is 12.3. The van der Waals surface area contributed by atoms with Gasteiger partial charge in [0.05, 0.1) is 51.8 Å². The summed E-state index contributed by atoms with van der Waals surface area (Å²) in [5.74, 6) is 1.93. The highest BCUT2D eigenvalue weighted by molar-refractivity contribution is 5.69. The van der Waals surface area contributed by atoms with Gasteiger partial charge in [-0.25, -0.2) is 0 Å². The molecule has 24 aliphatic rings. The largest absolute Gasteiger partial charge is 0.508 e. The van der Waals surface area contributed by atoms with Crippen molar-refractivity contribution in [2.75, 3.05) is 46.2 Å². The zero-order chi connectivity index (χ0) is 64.9. The first kappa shape index (κ1) is 69.0. The third kappa shape index (κ3) is 13.7. The van der Waals surface area contributed by atoms with E-state index in [4.69, 9.17) is 66.3 Å². The van der Waals surface area contributed by atoms with Gasteiger partial charge in [-0.15, -0.1) is 0 Å². The summed E-state index contributed by atoms with van der Waals surface area (Å²) < 4.78 is 79.9. The monoisotopic (exact) mass is 1300 g/mol. The van der Waals surface area contributed by atoms with Crippen molar-refractivity contribution in [3.8, 4) is 23.0 Å². The average Bonchev–Trinajstić information content (AvgIpc) is 0.854. The molecule has 0 unspecified atom stereocenters. The Morgan fingerprint density at radius 2 is 0.711 bits per heavy atom. The first-order chi connectivity index (χ1) is 42.8. The number of aliphatic hydroxyl groups excluding tert-OH is 18. The molecule has 24 heterocycles. The van der Waals surface area contributed by atoms with Crippen LogP contribution >= 0.6 is 0 Å². The van der Waals surface area contributed by atoms with Crippen LogP contribution < -0.4 is 9.47 Å². The van der Waals surface area contributed by atoms with Gasteiger partial charge in [-0.2, -0.15) is 0 Å². The van der Waals surface area contributed by atoms with Gasteiger partial charge in [-0.3, -0.25) is 0 Å². The molecule has 0 amide bonds. The van der Waals surface area contributed by atoms with E-state index in [2.05, 4.69) is 6.08 Å². The lowest BCUT2D eigenvalue weighted by molar-refractivity contribution is -0.404. The van der Waals surface area contributed by atoms with Crippen LogP contribution in [0.15, 0.2) is 36.4 Å². The fourth-order valence-electron chi connectivity index (χ4n) is 12.3. The second kappa shape index (κ2) is 28.6. The summed E-state index contributed by atoms with van der Waals surface area (Å²) in [4.78, 5) is 0. The maximum absolute atomic E-state index is 11.2. The van der Waals surface area contributed by atoms with Crippen LogP contribution in [0.2, 0.25) is 0 Å². The summed E-state index contributed by atoms with van der Waals surface area (Å²) in [5.41, 5.74) is 2.57. The van der Waals surface area contributed by atoms with Crippen molar-refractivity contribution in [1.29, 1.82) is 0 Å². The number of hydrogen-bond acceptors (Lipinski definition) is 34. The van der Waals surface area contributed by atoms with Crippen LogP contribution in [0.5, 0.6) is 23.0 Å². The average molecular weight is 1300 g/mol. The number of rotatable bonds is 7. The molecule has 20 N–H and O–H groups in total. The molecule has 34 heteroatoms. The summed E-state index contributed by atoms with van der Waals surface area (Å²) in [6, 6.07) is 8.74. The van der Waals surface area contributed by atoms with Gasteiger partial charge < -0.3 is 168 Å². The molecule has 24 aliphatic heterocycles. The van der Waals surface area contributed by atoms with Crippen molar-refractivity contribution < 1.29 is 168 Å². The molecule has 0 aliphatic carbocycles. The molecular weight excluding hydrogens is 1220 g/mol. The first-order valence-corrected chi connectivity index (χ1v) is 29.2. The predicted molar refractivity (Wildman–Crippen MR) is 288 cm³/mol. The summed E-state index contributed by atoms with van der Waals surface area (Å²) >= 11 is 0. The minimum absolute atomic E-state index is 0.0566. The zero-order valence-corrected chi connectivity index (χ0v) is 48.3. The number of hydrogen-bond donors (Lipinski definition) is 20. The third-order valence-corrected chi connectivity index (χ3v) is 17.3. The minimum Gasteiger partial charge on any atom is -0.508 e. The van der Waals surface area contributed by atoms with E-state index in [9.17, 15) is 102 Å². The van der Waals surface area contributed by atoms with Gasteiger partial charge in [0.1, 0.15) is 175 Å². The van der Waals surface area contributed by atoms with Crippen LogP contribution in [0.4, 0.5) is 0 Å². The van der Waals surface area contributed by atoms with E-state index < -0.39 is 224 Å². The summed E-state index contributed by atoms with van der Waals surface area (Å²) in [7, 11) is 0. The number of benzene rings is 2. The van der Waals surface area contributed by atoms with Crippen LogP contribution in [0, 0.1) is 0 Å². The number of aromatic hydroxyl groups is 2. The summed E-state index contributed by atoms with van der Waals surface area (Å²) in [5, 5.41) is 215. The van der Waals surface area contributed by atoms with Crippen molar-refractivity contribution in [2.45, 2.75) is 216 Å². The lowest BCUT2D eigenvalue weighted by Gasteiger charge is -2.50. The molecule has 0 spiro atoms. The van der Waals surface area contributed by atoms with E-state index in [1.807, 2.05) is 32.1 Å². The van der Waals surface area contributed by atoms with Gasteiger partial charge in [0.25, 0.3) is 0 Å². The quantitative estimate of drug-likeness (QED) is 0.122. The highest BCUT2D eigenvalue weighted by Crippen LogP contribution is 2.45. The highest BCUT2D eigenvalue weighted by atomic mass is 16.8. The van der Waals surface area contributed by atoms with Crippen LogP contribution in [-0.4, -0.2) is 338 Å². The predicted octanol–water partition coefficient (Wildman–Crippen LogP) is -9.05. The molecule has 0 saturated carbocycles. The minimum atomic E-state index is -2.15. The Kier molecular flexibility index (Phi) is 22.0. The van der Waals surface area contributed by atoms with Gasteiger partial charge >= 0.3 is 0 Å². The lowest BCUT2D eigenvalue weighted by atomic mass is 9.88. The second-order valence-corrected chi connectivity index (χ2v) is 23.8. The standard InChI is InChI=1S/C36H60O30.C20H20O4/c37-1-7-25-13(43)19(49)31(55-7)62-26-8(2-38)57-33(21(51)15(26)45)64-28-10(4-40)59-35(23(53)17(28)47)66-30-12(6-42)60-36(24(54)18(30)48)65-29-11(5-41)58-34(22(52)16(29)46)63-27-9(3-39)56-32(61-25)20(50)14(27)44;1-20(2)8-7-16-18(24-20)6-3-12-9-13(11-23-19(12)16)15-5-4-14(21)10-17(15)22/h7-54H,1-6H2;3-8,10,13,21-22H,9,11H2,1-2H3/t7-,8-,9-,10-,11-,12-,13-,14-,15-,16-,17-,18-,19-,20-,21-,22-,23-,24-,25-,26-,27-,28-,29-,30-,31-,32-,33-,34-,35-,36-;13-/m10/s1. The molecule has 22 saturated heterocycles. The van der Waals surface area contributed by atoms with Crippen molar-refractivity contribution in [1.82, 2.24) is 0 Å². The number of phenols is 2. The third-order valence-electron chi connectivity index (χ3n) is 17.3. The molecule has 31 atom stereocenters. The van der Waals surface area contributed by atoms with E-state index in [1.54, 1.807) is 12.1 Å². The lowest BCUT2D eigenvalue weighted by Crippen LogP contribution is -2.69. The number of fused-ring (bicyclic) bond motifs is 3. The fraction of sp³-hybridized carbons (Fsp3) is 0.750. The van der Waals surface area contributed by atoms with Crippen molar-refractivity contribution in [3.63, 3.8) is 0 Å². The molecule has 508 valence electrons. The van der Waals surface area contributed by atoms with Crippen molar-refractivity contribution in [3.05, 3.63) is 53.1 Å². The van der Waals surface area contributed by atoms with Crippen molar-refractivity contribution >= 4 is 6.08 Å². The normalized spacial score (nSPS) is 46.1. The zero-order valence-electron chi connectivity index (χ0n) is 48.3. The Morgan fingerprint density at radius 3 is 1.00 bits per heavy atom. The molecular formula is C56H80O34. The van der Waals surface area contributed by atoms with E-state index in [-0.39, 0.29) is 23.0 Å². The second-order valence-electron chi connectivity index (χ2n) is 23.8. The van der Waals surface area contributed by atoms with Crippen LogP contribution in [-0.2, 0) is 63.3 Å². The van der Waals surface area contributed by atoms with Gasteiger partial charge in [-0.05, 0) is 50.1 Å². The van der Waals surface area contributed by atoms with Gasteiger partial charge in [0, 0.05) is 17.5 Å². The molecule has 26 rings (SSSR count). The Labute approximate surface area is 511 Å². The molecule has 2 aromatic carbocycles. The topological polar surface area (TPSA) is 534 Å². The number of phenolic OH excluding ortho intramolecular Hbond substituents is 2. The van der Waals surface area contributed by atoms with E-state index in [0.29, 0.717) is 6.61 Å². The Bertz CT molecular complexity index is 2420. The van der Waals surface area contributed by atoms with Crippen LogP contribution in [0.25, 0.3) is 6.08 Å². The van der Waals surface area contributed by atoms with Gasteiger partial charge in [0.2, 0.25) is 0 Å². The molecule has 0 aromatic heterocycles. The molecule has 0 radical (unpaired) electrons. The molecule has 34 nitrogen and oxygen atoms in total. The van der Waals surface area contributed by atoms with E-state index >= 15 is 0 Å². The Balaban J connectivity index is 0.000000307. The number of aliphatic hydroxyl groups is 18. The first-order valence-electron chi connectivity index (χ1n) is 29.2. The van der Waals surface area contributed by atoms with E-state index in [0.717, 1.165) is 34.6 Å². The smallest absolute Gasteiger partial charge is 0.187 e. The summed E-state index contributed by atoms with van der Waals surface area (Å²) in [6.45, 7) is -1.46. The van der Waals surface area contributed by atoms with Crippen LogP contribution in [0.1, 0.15) is 36.5 Å². The van der Waals surface area contributed by atoms with E-state index in [1.165, 1.54) is 6.07 Å². The van der Waals surface area contributed by atoms with Crippen molar-refractivity contribution in [2.24, 2.45) is 0 Å². The highest BCUT2D eigenvalue weighted by Gasteiger charge is 2.59. The summed E-state index contributed by atoms with van der Waals surface area (Å²) in [6.07, 6.45) is -53.6. The Morgan fingerprint density at radius 1 is 0.400 bits per heavy atom. The van der Waals surface area contributed by atoms with Gasteiger partial charge in [-0.1, -0.05) is 12.1 Å². The molecule has 2 aromatic rings. The van der Waals surface area contributed by atoms with Gasteiger partial charge in [0.15, 0.2) is 37.7 Å². The maximum atomic E-state index is 11.2. The van der Waals surface area contributed by atoms with Crippen LogP contribution in [0.3, 0.4) is 0 Å². The maximum Gasteiger partial charge on any atom is 0.187 e. The number of ether oxygens (including phenoxy) is 14. The SMILES string of the molecule is CC1(C)C=Cc2c(ccc3c2OC[C@@H](c2ccc(O)cc2O)C3)O1.OC[C@H]1O[C@@H]2O[C@H]3[C@H](O)[C@@H](O)[C@@H](O[C@H]4[C@H](O)[C@@H](O)[C@@H](O[C@H]5[C@H](O)[C@@H](O)[C@@H](O[C@H]6[C@H](O)[C@@H](O)[C@@H](O[C@H]7[C@H](O)[C@@H](O)[C@@H](O[C@H]1[C@H](O)[C@H]2O)O[C@@H]7CO)O[C@@H]6CO)O[C@@H]5CO)O[C@@H]4CO)O[C@@H]3CO. The molecule has 22 fully saturated rings. The molecule has 90 heavy (non-hydrogen) atoms. The Hall–Kier alpha value is -3.82.